The molecule has 0 bridgehead atoms. The predicted octanol–water partition coefficient (Wildman–Crippen LogP) is 12.2. The molecule has 5 aliphatic rings. The van der Waals surface area contributed by atoms with Crippen LogP contribution in [-0.4, -0.2) is 109 Å². The van der Waals surface area contributed by atoms with Crippen LogP contribution in [0, 0.1) is 46.3 Å². The standard InChI is InChI=1S/C56H85N3O8/c1-42(2)9-8-10-43(3)51-21-22-52-50-20-13-45-41-49(23-25-55(45,4)53(50)24-26-56(51,52)5)67-54(60)44-11-14-46(15-12-44)57-58-47-16-18-48(19-17-47)66-30-7-6-27-59-28-31-61-33-35-63-37-39-65-40-38-64-36-34-62-32-29-59/h11-19,42-43,49-53H,6-10,20-41H2,1-5H3/t43-,49+,50+,51-,52+,53+,55+,56-/m1/s1. The topological polar surface area (TPSA) is 110 Å². The normalized spacial score (nSPS) is 30.1. The fourth-order valence-electron chi connectivity index (χ4n) is 12.7. The van der Waals surface area contributed by atoms with Gasteiger partial charge in [-0.3, -0.25) is 4.90 Å². The minimum atomic E-state index is -0.251. The van der Waals surface area contributed by atoms with Gasteiger partial charge in [-0.15, -0.1) is 0 Å². The van der Waals surface area contributed by atoms with E-state index in [4.69, 9.17) is 33.2 Å². The van der Waals surface area contributed by atoms with E-state index in [-0.39, 0.29) is 17.5 Å². The van der Waals surface area contributed by atoms with Crippen LogP contribution in [0.5, 0.6) is 5.75 Å². The summed E-state index contributed by atoms with van der Waals surface area (Å²) in [4.78, 5) is 15.8. The maximum atomic E-state index is 13.4. The number of ether oxygens (including phenoxy) is 7. The molecule has 0 radical (unpaired) electrons. The molecule has 0 unspecified atom stereocenters. The van der Waals surface area contributed by atoms with Crippen molar-refractivity contribution in [3.05, 3.63) is 65.7 Å². The van der Waals surface area contributed by atoms with E-state index in [1.54, 1.807) is 17.7 Å². The Morgan fingerprint density at radius 2 is 1.31 bits per heavy atom. The highest BCUT2D eigenvalue weighted by Gasteiger charge is 2.59. The number of azo groups is 1. The lowest BCUT2D eigenvalue weighted by molar-refractivity contribution is -0.0594. The van der Waals surface area contributed by atoms with Gasteiger partial charge >= 0.3 is 5.97 Å². The van der Waals surface area contributed by atoms with Gasteiger partial charge < -0.3 is 33.2 Å². The highest BCUT2D eigenvalue weighted by atomic mass is 16.6. The molecular weight excluding hydrogens is 843 g/mol. The largest absolute Gasteiger partial charge is 0.494 e. The SMILES string of the molecule is CC(C)CCC[C@@H](C)[C@H]1CC[C@H]2[C@@H]3CC=C4C[C@@H](OC(=O)c5ccc(N=Nc6ccc(OCCCCN7CCOCCOCCOCCOCCOCC7)cc6)cc5)CC[C@]4(C)[C@H]3CC[C@]12C. The lowest BCUT2D eigenvalue weighted by Crippen LogP contribution is -2.51. The van der Waals surface area contributed by atoms with E-state index >= 15 is 0 Å². The highest BCUT2D eigenvalue weighted by molar-refractivity contribution is 5.89. The Morgan fingerprint density at radius 3 is 1.94 bits per heavy atom. The fraction of sp³-hybridized carbons (Fsp3) is 0.732. The smallest absolute Gasteiger partial charge is 0.338 e. The van der Waals surface area contributed by atoms with Crippen molar-refractivity contribution in [3.63, 3.8) is 0 Å². The summed E-state index contributed by atoms with van der Waals surface area (Å²) in [6.45, 7) is 21.6. The summed E-state index contributed by atoms with van der Waals surface area (Å²) >= 11 is 0. The molecule has 372 valence electrons. The van der Waals surface area contributed by atoms with Crippen LogP contribution < -0.4 is 4.74 Å². The van der Waals surface area contributed by atoms with Gasteiger partial charge in [0.05, 0.1) is 89.6 Å². The summed E-state index contributed by atoms with van der Waals surface area (Å²) in [6.07, 6.45) is 18.3. The molecule has 0 spiro atoms. The van der Waals surface area contributed by atoms with Gasteiger partial charge in [-0.2, -0.15) is 10.2 Å². The molecule has 2 aromatic rings. The zero-order valence-electron chi connectivity index (χ0n) is 41.9. The average Bonchev–Trinajstić information content (AvgIpc) is 3.69. The Hall–Kier alpha value is -3.19. The molecule has 8 atom stereocenters. The second kappa shape index (κ2) is 26.1. The molecule has 11 heteroatoms. The Kier molecular flexibility index (Phi) is 20.2. The van der Waals surface area contributed by atoms with E-state index in [0.29, 0.717) is 89.3 Å². The summed E-state index contributed by atoms with van der Waals surface area (Å²) < 4.78 is 40.5. The molecule has 7 rings (SSSR count). The fourth-order valence-corrected chi connectivity index (χ4v) is 12.7. The Bertz CT molecular complexity index is 1820. The maximum Gasteiger partial charge on any atom is 0.338 e. The van der Waals surface area contributed by atoms with Gasteiger partial charge in [-0.25, -0.2) is 4.79 Å². The van der Waals surface area contributed by atoms with Crippen LogP contribution in [-0.2, 0) is 28.4 Å². The van der Waals surface area contributed by atoms with Crippen molar-refractivity contribution in [1.29, 1.82) is 0 Å². The number of nitrogens with zero attached hydrogens (tertiary/aromatic N) is 3. The summed E-state index contributed by atoms with van der Waals surface area (Å²) in [6, 6.07) is 15.0. The third-order valence-electron chi connectivity index (χ3n) is 16.5. The van der Waals surface area contributed by atoms with Gasteiger partial charge in [0.25, 0.3) is 0 Å². The number of rotatable bonds is 15. The molecule has 1 aliphatic heterocycles. The molecule has 0 N–H and O–H groups in total. The minimum absolute atomic E-state index is 0.0708. The summed E-state index contributed by atoms with van der Waals surface area (Å²) in [7, 11) is 0. The Labute approximate surface area is 403 Å². The van der Waals surface area contributed by atoms with Gasteiger partial charge in [0.2, 0.25) is 0 Å². The first-order chi connectivity index (χ1) is 32.6. The van der Waals surface area contributed by atoms with Crippen molar-refractivity contribution in [3.8, 4) is 5.75 Å². The van der Waals surface area contributed by atoms with Crippen LogP contribution in [0.3, 0.4) is 0 Å². The van der Waals surface area contributed by atoms with E-state index < -0.39 is 0 Å². The molecule has 67 heavy (non-hydrogen) atoms. The van der Waals surface area contributed by atoms with Crippen LogP contribution >= 0.6 is 0 Å². The number of allylic oxidation sites excluding steroid dienone is 1. The van der Waals surface area contributed by atoms with Crippen molar-refractivity contribution >= 4 is 17.3 Å². The zero-order valence-corrected chi connectivity index (χ0v) is 41.9. The Balaban J connectivity index is 0.807. The van der Waals surface area contributed by atoms with Gasteiger partial charge in [-0.05, 0) is 159 Å². The van der Waals surface area contributed by atoms with Crippen molar-refractivity contribution < 1.29 is 38.0 Å². The number of carbonyl (C=O) groups is 1. The van der Waals surface area contributed by atoms with Crippen molar-refractivity contribution in [2.45, 2.75) is 124 Å². The molecular formula is C56H85N3O8. The van der Waals surface area contributed by atoms with Crippen LogP contribution in [0.15, 0.2) is 70.4 Å². The number of benzene rings is 2. The van der Waals surface area contributed by atoms with Gasteiger partial charge in [0, 0.05) is 19.5 Å². The number of carbonyl (C=O) groups excluding carboxylic acids is 1. The third-order valence-corrected chi connectivity index (χ3v) is 16.5. The molecule has 0 amide bonds. The lowest BCUT2D eigenvalue weighted by Gasteiger charge is -2.58. The maximum absolute atomic E-state index is 13.4. The first-order valence-electron chi connectivity index (χ1n) is 26.4. The summed E-state index contributed by atoms with van der Waals surface area (Å²) in [5, 5.41) is 8.87. The quantitative estimate of drug-likeness (QED) is 0.0746. The lowest BCUT2D eigenvalue weighted by atomic mass is 9.47. The predicted molar refractivity (Wildman–Crippen MR) is 265 cm³/mol. The molecule has 1 saturated heterocycles. The van der Waals surface area contributed by atoms with E-state index in [2.05, 4.69) is 55.8 Å². The van der Waals surface area contributed by atoms with Crippen LogP contribution in [0.2, 0.25) is 0 Å². The molecule has 11 nitrogen and oxygen atoms in total. The van der Waals surface area contributed by atoms with E-state index in [1.807, 2.05) is 36.4 Å². The summed E-state index contributed by atoms with van der Waals surface area (Å²) in [5.41, 5.74) is 4.25. The minimum Gasteiger partial charge on any atom is -0.494 e. The number of fused-ring (bicyclic) bond motifs is 5. The zero-order chi connectivity index (χ0) is 46.9. The number of hydrogen-bond donors (Lipinski definition) is 0. The monoisotopic (exact) mass is 928 g/mol. The number of unbranched alkanes of at least 4 members (excludes halogenated alkanes) is 1. The first-order valence-corrected chi connectivity index (χ1v) is 26.4. The molecule has 1 heterocycles. The Morgan fingerprint density at radius 1 is 0.701 bits per heavy atom. The van der Waals surface area contributed by atoms with E-state index in [9.17, 15) is 4.79 Å². The molecule has 4 aliphatic carbocycles. The van der Waals surface area contributed by atoms with Crippen LogP contribution in [0.25, 0.3) is 0 Å². The van der Waals surface area contributed by atoms with Crippen molar-refractivity contribution in [2.75, 3.05) is 92.3 Å². The molecule has 2 aromatic carbocycles. The van der Waals surface area contributed by atoms with Crippen molar-refractivity contribution in [1.82, 2.24) is 4.90 Å². The van der Waals surface area contributed by atoms with Crippen molar-refractivity contribution in [2.24, 2.45) is 56.6 Å². The molecule has 3 saturated carbocycles. The van der Waals surface area contributed by atoms with Crippen LogP contribution in [0.1, 0.15) is 128 Å². The van der Waals surface area contributed by atoms with Gasteiger partial charge in [0.1, 0.15) is 11.9 Å². The van der Waals surface area contributed by atoms with Gasteiger partial charge in [-0.1, -0.05) is 65.5 Å². The van der Waals surface area contributed by atoms with E-state index in [0.717, 1.165) is 98.7 Å². The number of esters is 1. The molecule has 0 aromatic heterocycles. The summed E-state index contributed by atoms with van der Waals surface area (Å²) in [5.74, 6) is 5.49. The average molecular weight is 928 g/mol. The van der Waals surface area contributed by atoms with E-state index in [1.165, 1.54) is 51.4 Å². The van der Waals surface area contributed by atoms with Gasteiger partial charge in [0.15, 0.2) is 0 Å². The second-order valence-electron chi connectivity index (χ2n) is 21.3. The first kappa shape index (κ1) is 51.7. The second-order valence-corrected chi connectivity index (χ2v) is 21.3. The molecule has 4 fully saturated rings. The van der Waals surface area contributed by atoms with Crippen LogP contribution in [0.4, 0.5) is 11.4 Å². The number of hydrogen-bond acceptors (Lipinski definition) is 11. The highest BCUT2D eigenvalue weighted by Crippen LogP contribution is 2.67. The third kappa shape index (κ3) is 14.7.